The molecular weight excluding hydrogens is 308 g/mol. The van der Waals surface area contributed by atoms with Gasteiger partial charge in [0.25, 0.3) is 0 Å². The third kappa shape index (κ3) is 3.39. The van der Waals surface area contributed by atoms with Crippen molar-refractivity contribution in [2.45, 2.75) is 31.6 Å². The zero-order valence-corrected chi connectivity index (χ0v) is 13.8. The van der Waals surface area contributed by atoms with Crippen molar-refractivity contribution in [2.24, 2.45) is 11.8 Å². The van der Waals surface area contributed by atoms with Gasteiger partial charge in [0.05, 0.1) is 16.7 Å². The first kappa shape index (κ1) is 16.3. The van der Waals surface area contributed by atoms with E-state index in [0.717, 1.165) is 12.8 Å². The predicted octanol–water partition coefficient (Wildman–Crippen LogP) is 3.27. The summed E-state index contributed by atoms with van der Waals surface area (Å²) in [6, 6.07) is 6.29. The Hall–Kier alpha value is -1.09. The molecule has 0 spiro atoms. The van der Waals surface area contributed by atoms with E-state index in [9.17, 15) is 8.42 Å². The van der Waals surface area contributed by atoms with Crippen LogP contribution < -0.4 is 0 Å². The summed E-state index contributed by atoms with van der Waals surface area (Å²) in [4.78, 5) is 0.0335. The highest BCUT2D eigenvalue weighted by Gasteiger charge is 2.31. The van der Waals surface area contributed by atoms with Crippen molar-refractivity contribution in [1.29, 1.82) is 5.26 Å². The maximum absolute atomic E-state index is 12.7. The third-order valence-corrected chi connectivity index (χ3v) is 6.50. The van der Waals surface area contributed by atoms with Crippen LogP contribution in [0.3, 0.4) is 0 Å². The van der Waals surface area contributed by atoms with E-state index in [-0.39, 0.29) is 9.92 Å². The smallest absolute Gasteiger partial charge is 0.207 e. The first-order chi connectivity index (χ1) is 9.86. The van der Waals surface area contributed by atoms with Crippen molar-refractivity contribution in [3.63, 3.8) is 0 Å². The Morgan fingerprint density at radius 3 is 2.48 bits per heavy atom. The van der Waals surface area contributed by atoms with Gasteiger partial charge in [0, 0.05) is 13.1 Å². The Morgan fingerprint density at radius 1 is 1.33 bits per heavy atom. The Labute approximate surface area is 131 Å². The van der Waals surface area contributed by atoms with Gasteiger partial charge in [-0.15, -0.1) is 0 Å². The number of nitriles is 1. The SMILES string of the molecule is CC(C)C1CCN(S(=O)(=O)c2cc(C#N)ccc2Cl)CC1. The van der Waals surface area contributed by atoms with Crippen LogP contribution in [0.1, 0.15) is 32.3 Å². The summed E-state index contributed by atoms with van der Waals surface area (Å²) < 4.78 is 26.9. The number of rotatable bonds is 3. The molecule has 0 unspecified atom stereocenters. The van der Waals surface area contributed by atoms with E-state index in [2.05, 4.69) is 13.8 Å². The Morgan fingerprint density at radius 2 is 1.95 bits per heavy atom. The van der Waals surface area contributed by atoms with Gasteiger partial charge in [0.2, 0.25) is 10.0 Å². The highest BCUT2D eigenvalue weighted by atomic mass is 35.5. The summed E-state index contributed by atoms with van der Waals surface area (Å²) in [5, 5.41) is 9.09. The monoisotopic (exact) mass is 326 g/mol. The van der Waals surface area contributed by atoms with E-state index in [1.807, 2.05) is 6.07 Å². The Bertz CT molecular complexity index is 657. The lowest BCUT2D eigenvalue weighted by molar-refractivity contribution is 0.226. The summed E-state index contributed by atoms with van der Waals surface area (Å²) >= 11 is 6.02. The Kier molecular flexibility index (Phi) is 4.92. The van der Waals surface area contributed by atoms with Crippen LogP contribution in [0.2, 0.25) is 5.02 Å². The van der Waals surface area contributed by atoms with Gasteiger partial charge in [0.1, 0.15) is 4.90 Å². The largest absolute Gasteiger partial charge is 0.244 e. The van der Waals surface area contributed by atoms with Crippen molar-refractivity contribution in [3.8, 4) is 6.07 Å². The maximum Gasteiger partial charge on any atom is 0.244 e. The fourth-order valence-electron chi connectivity index (χ4n) is 2.69. The molecule has 6 heteroatoms. The summed E-state index contributed by atoms with van der Waals surface area (Å²) in [5.41, 5.74) is 0.301. The number of sulfonamides is 1. The maximum atomic E-state index is 12.7. The van der Waals surface area contributed by atoms with Gasteiger partial charge in [-0.1, -0.05) is 25.4 Å². The molecule has 1 aromatic rings. The lowest BCUT2D eigenvalue weighted by Crippen LogP contribution is -2.39. The molecule has 114 valence electrons. The van der Waals surface area contributed by atoms with Crippen LogP contribution in [-0.2, 0) is 10.0 Å². The number of nitrogens with zero attached hydrogens (tertiary/aromatic N) is 2. The average molecular weight is 327 g/mol. The molecule has 0 saturated carbocycles. The minimum Gasteiger partial charge on any atom is -0.207 e. The summed E-state index contributed by atoms with van der Waals surface area (Å²) in [6.45, 7) is 5.36. The molecule has 1 fully saturated rings. The van der Waals surface area contributed by atoms with E-state index in [1.54, 1.807) is 0 Å². The van der Waals surface area contributed by atoms with Crippen molar-refractivity contribution < 1.29 is 8.42 Å². The molecule has 0 atom stereocenters. The van der Waals surface area contributed by atoms with E-state index in [1.165, 1.54) is 22.5 Å². The van der Waals surface area contributed by atoms with Crippen LogP contribution in [-0.4, -0.2) is 25.8 Å². The minimum atomic E-state index is -3.62. The number of piperidine rings is 1. The molecule has 0 radical (unpaired) electrons. The van der Waals surface area contributed by atoms with E-state index in [0.29, 0.717) is 30.5 Å². The topological polar surface area (TPSA) is 61.2 Å². The van der Waals surface area contributed by atoms with Gasteiger partial charge in [0.15, 0.2) is 0 Å². The molecule has 1 heterocycles. The molecule has 0 aliphatic carbocycles. The lowest BCUT2D eigenvalue weighted by atomic mass is 9.87. The van der Waals surface area contributed by atoms with Crippen molar-refractivity contribution >= 4 is 21.6 Å². The molecule has 2 rings (SSSR count). The summed E-state index contributed by atoms with van der Waals surface area (Å²) in [6.07, 6.45) is 1.74. The molecule has 0 aromatic heterocycles. The summed E-state index contributed by atoms with van der Waals surface area (Å²) in [5.74, 6) is 1.14. The molecule has 4 nitrogen and oxygen atoms in total. The fraction of sp³-hybridized carbons (Fsp3) is 0.533. The first-order valence-electron chi connectivity index (χ1n) is 7.06. The molecule has 1 aliphatic rings. The second kappa shape index (κ2) is 6.35. The van der Waals surface area contributed by atoms with Crippen molar-refractivity contribution in [3.05, 3.63) is 28.8 Å². The van der Waals surface area contributed by atoms with E-state index in [4.69, 9.17) is 16.9 Å². The highest BCUT2D eigenvalue weighted by molar-refractivity contribution is 7.89. The molecule has 1 saturated heterocycles. The van der Waals surface area contributed by atoms with Crippen LogP contribution in [0.25, 0.3) is 0 Å². The molecule has 0 amide bonds. The summed E-state index contributed by atoms with van der Waals surface area (Å²) in [7, 11) is -3.62. The normalized spacial score (nSPS) is 17.9. The van der Waals surface area contributed by atoms with Crippen LogP contribution in [0.4, 0.5) is 0 Å². The minimum absolute atomic E-state index is 0.0335. The van der Waals surface area contributed by atoms with Gasteiger partial charge in [-0.25, -0.2) is 8.42 Å². The second-order valence-electron chi connectivity index (χ2n) is 5.74. The molecule has 0 N–H and O–H groups in total. The van der Waals surface area contributed by atoms with Crippen LogP contribution in [0.15, 0.2) is 23.1 Å². The molecular formula is C15H19ClN2O2S. The molecule has 21 heavy (non-hydrogen) atoms. The van der Waals surface area contributed by atoms with Gasteiger partial charge in [-0.2, -0.15) is 9.57 Å². The van der Waals surface area contributed by atoms with E-state index >= 15 is 0 Å². The standard InChI is InChI=1S/C15H19ClN2O2S/c1-11(2)13-5-7-18(8-6-13)21(19,20)15-9-12(10-17)3-4-14(15)16/h3-4,9,11,13H,5-8H2,1-2H3. The number of benzene rings is 1. The third-order valence-electron chi connectivity index (χ3n) is 4.12. The van der Waals surface area contributed by atoms with Gasteiger partial charge in [-0.05, 0) is 42.9 Å². The van der Waals surface area contributed by atoms with Gasteiger partial charge >= 0.3 is 0 Å². The van der Waals surface area contributed by atoms with Gasteiger partial charge in [-0.3, -0.25) is 0 Å². The number of hydrogen-bond acceptors (Lipinski definition) is 3. The number of halogens is 1. The van der Waals surface area contributed by atoms with Crippen molar-refractivity contribution in [2.75, 3.05) is 13.1 Å². The average Bonchev–Trinajstić information content (AvgIpc) is 2.47. The van der Waals surface area contributed by atoms with Crippen LogP contribution in [0, 0.1) is 23.2 Å². The molecule has 1 aliphatic heterocycles. The Balaban J connectivity index is 2.26. The zero-order valence-electron chi connectivity index (χ0n) is 12.2. The van der Waals surface area contributed by atoms with Crippen molar-refractivity contribution in [1.82, 2.24) is 4.31 Å². The second-order valence-corrected chi connectivity index (χ2v) is 8.06. The quantitative estimate of drug-likeness (QED) is 0.856. The molecule has 1 aromatic carbocycles. The predicted molar refractivity (Wildman–Crippen MR) is 82.5 cm³/mol. The van der Waals surface area contributed by atoms with Crippen LogP contribution >= 0.6 is 11.6 Å². The lowest BCUT2D eigenvalue weighted by Gasteiger charge is -2.33. The van der Waals surface area contributed by atoms with E-state index < -0.39 is 10.0 Å². The fourth-order valence-corrected chi connectivity index (χ4v) is 4.66. The molecule has 0 bridgehead atoms. The number of hydrogen-bond donors (Lipinski definition) is 0. The first-order valence-corrected chi connectivity index (χ1v) is 8.88. The highest BCUT2D eigenvalue weighted by Crippen LogP contribution is 2.31. The van der Waals surface area contributed by atoms with Crippen LogP contribution in [0.5, 0.6) is 0 Å². The van der Waals surface area contributed by atoms with Gasteiger partial charge < -0.3 is 0 Å². The zero-order chi connectivity index (χ0) is 15.6.